The Morgan fingerprint density at radius 1 is 1.20 bits per heavy atom. The average molecular weight is 344 g/mol. The Balaban J connectivity index is 2.04. The highest BCUT2D eigenvalue weighted by Gasteiger charge is 2.11. The number of hydrogen-bond donors (Lipinski definition) is 0. The predicted molar refractivity (Wildman–Crippen MR) is 96.3 cm³/mol. The molecule has 0 spiro atoms. The molecular weight excluding hydrogens is 320 g/mol. The van der Waals surface area contributed by atoms with Gasteiger partial charge in [0.25, 0.3) is 0 Å². The first-order valence-corrected chi connectivity index (χ1v) is 8.06. The highest BCUT2D eigenvalue weighted by Crippen LogP contribution is 2.29. The summed E-state index contributed by atoms with van der Waals surface area (Å²) < 4.78 is 16.9. The molecule has 0 saturated heterocycles. The van der Waals surface area contributed by atoms with Crippen LogP contribution in [0.3, 0.4) is 0 Å². The van der Waals surface area contributed by atoms with Gasteiger partial charge in [0.05, 0.1) is 0 Å². The number of hydrogen-bond acceptors (Lipinski definition) is 6. The number of nitrogens with zero attached hydrogens (tertiary/aromatic N) is 2. The van der Waals surface area contributed by atoms with Crippen LogP contribution in [0.4, 0.5) is 0 Å². The molecule has 0 aliphatic rings. The summed E-state index contributed by atoms with van der Waals surface area (Å²) in [5, 5.41) is 7.79. The smallest absolute Gasteiger partial charge is 0.174 e. The molecule has 25 heavy (non-hydrogen) atoms. The van der Waals surface area contributed by atoms with Crippen molar-refractivity contribution in [2.45, 2.75) is 34.3 Å². The van der Waals surface area contributed by atoms with Gasteiger partial charge in [0.15, 0.2) is 5.76 Å². The van der Waals surface area contributed by atoms with E-state index in [2.05, 4.69) is 10.3 Å². The predicted octanol–water partition coefficient (Wildman–Crippen LogP) is 4.20. The van der Waals surface area contributed by atoms with Crippen molar-refractivity contribution in [3.8, 4) is 11.5 Å². The lowest BCUT2D eigenvalue weighted by molar-refractivity contribution is 0.213. The molecule has 2 aromatic rings. The minimum Gasteiger partial charge on any atom is -0.490 e. The molecule has 6 nitrogen and oxygen atoms in total. The lowest BCUT2D eigenvalue weighted by atomic mass is 10.1. The SMILES string of the molecule is C/C=C/COc1cc(C)c(OCc2cc(C(C)=NOC)no2)c(C)c1. The third-order valence-corrected chi connectivity index (χ3v) is 3.53. The molecule has 0 fully saturated rings. The van der Waals surface area contributed by atoms with Gasteiger partial charge < -0.3 is 18.8 Å². The van der Waals surface area contributed by atoms with Crippen molar-refractivity contribution >= 4 is 5.71 Å². The Morgan fingerprint density at radius 2 is 1.92 bits per heavy atom. The molecule has 0 atom stereocenters. The van der Waals surface area contributed by atoms with Crippen LogP contribution in [0.1, 0.15) is 36.4 Å². The van der Waals surface area contributed by atoms with Crippen molar-refractivity contribution in [3.05, 3.63) is 52.9 Å². The van der Waals surface area contributed by atoms with Crippen LogP contribution < -0.4 is 9.47 Å². The van der Waals surface area contributed by atoms with Crippen LogP contribution in [0.25, 0.3) is 0 Å². The molecule has 2 rings (SSSR count). The number of ether oxygens (including phenoxy) is 2. The van der Waals surface area contributed by atoms with Gasteiger partial charge in [0.1, 0.15) is 43.2 Å². The minimum absolute atomic E-state index is 0.285. The van der Waals surface area contributed by atoms with Gasteiger partial charge in [-0.3, -0.25) is 0 Å². The molecular formula is C19H24N2O4. The number of rotatable bonds is 8. The lowest BCUT2D eigenvalue weighted by Gasteiger charge is -2.13. The van der Waals surface area contributed by atoms with E-state index in [1.807, 2.05) is 45.1 Å². The van der Waals surface area contributed by atoms with Gasteiger partial charge in [-0.1, -0.05) is 22.5 Å². The van der Waals surface area contributed by atoms with Gasteiger partial charge in [-0.2, -0.15) is 0 Å². The molecule has 1 heterocycles. The van der Waals surface area contributed by atoms with E-state index in [9.17, 15) is 0 Å². The van der Waals surface area contributed by atoms with E-state index in [4.69, 9.17) is 18.8 Å². The topological polar surface area (TPSA) is 66.1 Å². The molecule has 134 valence electrons. The molecule has 1 aromatic carbocycles. The highest BCUT2D eigenvalue weighted by atomic mass is 16.6. The number of oxime groups is 1. The van der Waals surface area contributed by atoms with E-state index in [1.54, 1.807) is 13.0 Å². The van der Waals surface area contributed by atoms with E-state index >= 15 is 0 Å². The van der Waals surface area contributed by atoms with Crippen LogP contribution in [-0.2, 0) is 11.4 Å². The maximum Gasteiger partial charge on any atom is 0.174 e. The lowest BCUT2D eigenvalue weighted by Crippen LogP contribution is -2.00. The van der Waals surface area contributed by atoms with Gasteiger partial charge in [0, 0.05) is 6.07 Å². The maximum absolute atomic E-state index is 5.91. The zero-order chi connectivity index (χ0) is 18.2. The average Bonchev–Trinajstić information content (AvgIpc) is 3.04. The van der Waals surface area contributed by atoms with Crippen LogP contribution in [0.5, 0.6) is 11.5 Å². The first-order chi connectivity index (χ1) is 12.0. The molecule has 1 aromatic heterocycles. The van der Waals surface area contributed by atoms with E-state index < -0.39 is 0 Å². The number of aryl methyl sites for hydroxylation is 2. The quantitative estimate of drug-likeness (QED) is 0.408. The Morgan fingerprint density at radius 3 is 2.56 bits per heavy atom. The number of benzene rings is 1. The van der Waals surface area contributed by atoms with Gasteiger partial charge >= 0.3 is 0 Å². The molecule has 0 unspecified atom stereocenters. The van der Waals surface area contributed by atoms with Gasteiger partial charge in [-0.15, -0.1) is 0 Å². The maximum atomic E-state index is 5.91. The first-order valence-electron chi connectivity index (χ1n) is 8.06. The third kappa shape index (κ3) is 5.11. The van der Waals surface area contributed by atoms with Gasteiger partial charge in [-0.05, 0) is 51.0 Å². The summed E-state index contributed by atoms with van der Waals surface area (Å²) >= 11 is 0. The van der Waals surface area contributed by atoms with Crippen LogP contribution in [0, 0.1) is 13.8 Å². The largest absolute Gasteiger partial charge is 0.490 e. The zero-order valence-electron chi connectivity index (χ0n) is 15.3. The van der Waals surface area contributed by atoms with Crippen molar-refractivity contribution in [1.82, 2.24) is 5.16 Å². The molecule has 0 saturated carbocycles. The van der Waals surface area contributed by atoms with Crippen LogP contribution >= 0.6 is 0 Å². The Labute approximate surface area is 148 Å². The second-order valence-electron chi connectivity index (χ2n) is 5.59. The van der Waals surface area contributed by atoms with Crippen molar-refractivity contribution in [2.75, 3.05) is 13.7 Å². The fraction of sp³-hybridized carbons (Fsp3) is 0.368. The normalized spacial score (nSPS) is 11.8. The van der Waals surface area contributed by atoms with Crippen molar-refractivity contribution in [1.29, 1.82) is 0 Å². The minimum atomic E-state index is 0.285. The Kier molecular flexibility index (Phi) is 6.62. The van der Waals surface area contributed by atoms with E-state index in [0.29, 0.717) is 23.8 Å². The Bertz CT molecular complexity index is 740. The number of allylic oxidation sites excluding steroid dienone is 1. The standard InChI is InChI=1S/C19H24N2O4/c1-6-7-8-23-16-9-13(2)19(14(3)10-16)24-12-17-11-18(21-25-17)15(4)20-22-5/h6-7,9-11H,8,12H2,1-5H3/b7-6+,20-15?. The van der Waals surface area contributed by atoms with Crippen molar-refractivity contribution in [2.24, 2.45) is 5.16 Å². The zero-order valence-corrected chi connectivity index (χ0v) is 15.3. The van der Waals surface area contributed by atoms with Gasteiger partial charge in [-0.25, -0.2) is 0 Å². The Hall–Kier alpha value is -2.76. The third-order valence-electron chi connectivity index (χ3n) is 3.53. The second kappa shape index (κ2) is 8.92. The summed E-state index contributed by atoms with van der Waals surface area (Å²) in [6.07, 6.45) is 3.92. The van der Waals surface area contributed by atoms with Gasteiger partial charge in [0.2, 0.25) is 0 Å². The summed E-state index contributed by atoms with van der Waals surface area (Å²) in [6, 6.07) is 5.72. The van der Waals surface area contributed by atoms with Crippen LogP contribution in [0.2, 0.25) is 0 Å². The van der Waals surface area contributed by atoms with Crippen LogP contribution in [-0.4, -0.2) is 24.6 Å². The molecule has 0 aliphatic heterocycles. The van der Waals surface area contributed by atoms with E-state index in [1.165, 1.54) is 7.11 Å². The molecule has 0 N–H and O–H groups in total. The molecule has 6 heteroatoms. The summed E-state index contributed by atoms with van der Waals surface area (Å²) in [5.74, 6) is 2.26. The molecule has 0 bridgehead atoms. The molecule has 0 aliphatic carbocycles. The second-order valence-corrected chi connectivity index (χ2v) is 5.59. The summed E-state index contributed by atoms with van der Waals surface area (Å²) in [5.41, 5.74) is 3.29. The van der Waals surface area contributed by atoms with E-state index in [0.717, 1.165) is 22.6 Å². The first kappa shape index (κ1) is 18.6. The summed E-state index contributed by atoms with van der Waals surface area (Å²) in [4.78, 5) is 4.73. The fourth-order valence-corrected chi connectivity index (χ4v) is 2.34. The summed E-state index contributed by atoms with van der Waals surface area (Å²) in [7, 11) is 1.49. The fourth-order valence-electron chi connectivity index (χ4n) is 2.34. The molecule has 0 radical (unpaired) electrons. The van der Waals surface area contributed by atoms with Crippen molar-refractivity contribution in [3.63, 3.8) is 0 Å². The monoisotopic (exact) mass is 344 g/mol. The van der Waals surface area contributed by atoms with Crippen molar-refractivity contribution < 1.29 is 18.8 Å². The van der Waals surface area contributed by atoms with Crippen LogP contribution in [0.15, 0.2) is 40.0 Å². The van der Waals surface area contributed by atoms with E-state index in [-0.39, 0.29) is 6.61 Å². The summed E-state index contributed by atoms with van der Waals surface area (Å²) in [6.45, 7) is 8.59. The highest BCUT2D eigenvalue weighted by molar-refractivity contribution is 5.96. The number of aromatic nitrogens is 1. The molecule has 0 amide bonds.